The second-order valence-electron chi connectivity index (χ2n) is 18.7. The maximum atomic E-state index is 4.49. The Labute approximate surface area is 499 Å². The van der Waals surface area contributed by atoms with Crippen molar-refractivity contribution in [3.8, 4) is 0 Å². The van der Waals surface area contributed by atoms with Crippen LogP contribution in [0.15, 0.2) is 265 Å². The SMILES string of the molecule is Cc1cccc(C)c1N=C[N-]c1c(C)cccc1C.Cc1cccc(C)c1N=C[N-]c1c(C)cccc1C.[Au+].[Au+].c1ccc([PH+](c2ccccc2)c2ccccc2)cc1.c1ccc([PH+](c2ccccc2)c2ccccc2)cc1. The van der Waals surface area contributed by atoms with Crippen LogP contribution in [0.3, 0.4) is 0 Å². The molecule has 0 aliphatic rings. The van der Waals surface area contributed by atoms with Crippen molar-refractivity contribution in [1.82, 2.24) is 0 Å². The van der Waals surface area contributed by atoms with E-state index in [1.54, 1.807) is 12.7 Å². The van der Waals surface area contributed by atoms with Crippen molar-refractivity contribution < 1.29 is 44.8 Å². The van der Waals surface area contributed by atoms with Crippen LogP contribution < -0.4 is 31.8 Å². The summed E-state index contributed by atoms with van der Waals surface area (Å²) in [5.74, 6) is 0. The molecule has 0 saturated heterocycles. The molecule has 10 aromatic rings. The van der Waals surface area contributed by atoms with Crippen molar-refractivity contribution in [2.75, 3.05) is 0 Å². The average molecular weight is 1420 g/mol. The Morgan fingerprint density at radius 2 is 0.423 bits per heavy atom. The zero-order valence-corrected chi connectivity index (χ0v) is 52.1. The molecule has 0 aromatic heterocycles. The molecule has 400 valence electrons. The van der Waals surface area contributed by atoms with Gasteiger partial charge in [0.25, 0.3) is 0 Å². The average Bonchev–Trinajstić information content (AvgIpc) is 3.47. The Bertz CT molecular complexity index is 2900. The van der Waals surface area contributed by atoms with Crippen LogP contribution in [0.25, 0.3) is 10.6 Å². The van der Waals surface area contributed by atoms with Gasteiger partial charge in [-0.1, -0.05) is 195 Å². The number of aliphatic imine (C=N–C) groups is 2. The molecule has 10 aromatic carbocycles. The van der Waals surface area contributed by atoms with Gasteiger partial charge in [0.1, 0.15) is 31.8 Å². The van der Waals surface area contributed by atoms with Crippen molar-refractivity contribution in [3.63, 3.8) is 0 Å². The summed E-state index contributed by atoms with van der Waals surface area (Å²) in [6, 6.07) is 89.7. The second kappa shape index (κ2) is 33.0. The van der Waals surface area contributed by atoms with E-state index in [0.29, 0.717) is 0 Å². The van der Waals surface area contributed by atoms with Gasteiger partial charge in [0.2, 0.25) is 0 Å². The summed E-state index contributed by atoms with van der Waals surface area (Å²) in [6.07, 6.45) is 3.31. The molecule has 0 heterocycles. The van der Waals surface area contributed by atoms with Gasteiger partial charge in [0.05, 0.1) is 15.8 Å². The van der Waals surface area contributed by atoms with E-state index < -0.39 is 15.8 Å². The third kappa shape index (κ3) is 18.3. The summed E-state index contributed by atoms with van der Waals surface area (Å²) in [7, 11) is -1.75. The molecule has 0 saturated carbocycles. The molecule has 0 spiro atoms. The zero-order valence-electron chi connectivity index (χ0n) is 45.8. The van der Waals surface area contributed by atoms with Crippen LogP contribution in [0.1, 0.15) is 44.5 Å². The van der Waals surface area contributed by atoms with Crippen molar-refractivity contribution in [2.24, 2.45) is 9.98 Å². The van der Waals surface area contributed by atoms with E-state index in [1.807, 2.05) is 24.3 Å². The second-order valence-corrected chi connectivity index (χ2v) is 23.6. The molecule has 0 aliphatic heterocycles. The van der Waals surface area contributed by atoms with Crippen molar-refractivity contribution in [3.05, 3.63) is 310 Å². The van der Waals surface area contributed by atoms with E-state index in [1.165, 1.54) is 76.3 Å². The Kier molecular flexibility index (Phi) is 26.4. The van der Waals surface area contributed by atoms with Crippen LogP contribution in [-0.2, 0) is 44.8 Å². The number of para-hydroxylation sites is 4. The Morgan fingerprint density at radius 1 is 0.244 bits per heavy atom. The first-order chi connectivity index (χ1) is 37.1. The van der Waals surface area contributed by atoms with Crippen LogP contribution >= 0.6 is 15.8 Å². The summed E-state index contributed by atoms with van der Waals surface area (Å²) < 4.78 is 0. The molecule has 0 aliphatic carbocycles. The summed E-state index contributed by atoms with van der Waals surface area (Å²) in [6.45, 7) is 16.5. The van der Waals surface area contributed by atoms with Crippen molar-refractivity contribution >= 4 is 83.1 Å². The molecule has 0 atom stereocenters. The Hall–Kier alpha value is -6.52. The molecule has 0 unspecified atom stereocenters. The van der Waals surface area contributed by atoms with Gasteiger partial charge in [-0.25, -0.2) is 0 Å². The number of nitrogens with zero attached hydrogens (tertiary/aromatic N) is 4. The Balaban J connectivity index is 0.000000190. The third-order valence-electron chi connectivity index (χ3n) is 12.9. The molecular formula is C70H70Au2N4P2+2. The first-order valence-corrected chi connectivity index (χ1v) is 28.9. The number of rotatable bonds is 12. The molecule has 0 radical (unpaired) electrons. The maximum Gasteiger partial charge on any atom is 1.00 e. The topological polar surface area (TPSA) is 52.9 Å². The van der Waals surface area contributed by atoms with Crippen LogP contribution in [0.4, 0.5) is 22.7 Å². The predicted molar refractivity (Wildman–Crippen MR) is 339 cm³/mol. The standard InChI is InChI=1S/2C18H15P.2C17H19N2.2Au/c2*1-4-10-16(11-5-1)19(17-12-6-2-7-13-17)18-14-8-3-9-15-18;2*1-12-7-5-8-13(2)16(12)18-11-19-17-14(3)9-6-10-15(17)4;;/h2*1-15H;2*5-11H,1-4H3;;/q;;2*-1;2*+1/p+2. The summed E-state index contributed by atoms with van der Waals surface area (Å²) in [4.78, 5) is 8.98. The van der Waals surface area contributed by atoms with E-state index in [2.05, 4.69) is 307 Å². The normalized spacial score (nSPS) is 10.5. The van der Waals surface area contributed by atoms with Crippen LogP contribution in [0.2, 0.25) is 0 Å². The smallest absolute Gasteiger partial charge is 0.443 e. The monoisotopic (exact) mass is 1420 g/mol. The minimum Gasteiger partial charge on any atom is -0.443 e. The summed E-state index contributed by atoms with van der Waals surface area (Å²) in [5.41, 5.74) is 13.4. The molecule has 78 heavy (non-hydrogen) atoms. The van der Waals surface area contributed by atoms with Crippen LogP contribution in [-0.4, -0.2) is 12.7 Å². The quantitative estimate of drug-likeness (QED) is 0.0507. The predicted octanol–water partition coefficient (Wildman–Crippen LogP) is 16.9. The minimum absolute atomic E-state index is 0. The van der Waals surface area contributed by atoms with Crippen LogP contribution in [0.5, 0.6) is 0 Å². The van der Waals surface area contributed by atoms with Gasteiger partial charge >= 0.3 is 44.8 Å². The molecule has 0 bridgehead atoms. The van der Waals surface area contributed by atoms with Gasteiger partial charge < -0.3 is 20.6 Å². The molecule has 0 fully saturated rings. The summed E-state index contributed by atoms with van der Waals surface area (Å²) in [5, 5.41) is 17.6. The third-order valence-corrected chi connectivity index (χ3v) is 18.3. The molecule has 0 amide bonds. The van der Waals surface area contributed by atoms with E-state index in [0.717, 1.165) is 22.7 Å². The van der Waals surface area contributed by atoms with Crippen molar-refractivity contribution in [2.45, 2.75) is 55.4 Å². The fourth-order valence-corrected chi connectivity index (χ4v) is 14.1. The Morgan fingerprint density at radius 3 is 0.615 bits per heavy atom. The number of hydrogen-bond acceptors (Lipinski definition) is 2. The first kappa shape index (κ1) is 62.3. The van der Waals surface area contributed by atoms with Crippen LogP contribution in [0, 0.1) is 55.4 Å². The largest absolute Gasteiger partial charge is 1.00 e. The van der Waals surface area contributed by atoms with Crippen molar-refractivity contribution in [1.29, 1.82) is 0 Å². The van der Waals surface area contributed by atoms with E-state index >= 15 is 0 Å². The van der Waals surface area contributed by atoms with E-state index in [4.69, 9.17) is 0 Å². The zero-order chi connectivity index (χ0) is 53.5. The number of benzene rings is 10. The molecule has 8 heteroatoms. The first-order valence-electron chi connectivity index (χ1n) is 25.9. The van der Waals surface area contributed by atoms with Gasteiger partial charge in [-0.2, -0.15) is 0 Å². The number of hydrogen-bond donors (Lipinski definition) is 0. The fraction of sp³-hybridized carbons (Fsp3) is 0.114. The van der Waals surface area contributed by atoms with Gasteiger partial charge in [-0.3, -0.25) is 0 Å². The van der Waals surface area contributed by atoms with Gasteiger partial charge in [-0.15, -0.1) is 0 Å². The summed E-state index contributed by atoms with van der Waals surface area (Å²) >= 11 is 0. The maximum absolute atomic E-state index is 4.49. The molecule has 0 N–H and O–H groups in total. The molecular weight excluding hydrogens is 1350 g/mol. The van der Waals surface area contributed by atoms with Gasteiger partial charge in [0.15, 0.2) is 0 Å². The molecule has 10 rings (SSSR count). The van der Waals surface area contributed by atoms with Gasteiger partial charge in [-0.05, 0) is 195 Å². The van der Waals surface area contributed by atoms with E-state index in [-0.39, 0.29) is 44.8 Å². The van der Waals surface area contributed by atoms with E-state index in [9.17, 15) is 0 Å². The minimum atomic E-state index is -0.877. The fourth-order valence-electron chi connectivity index (χ4n) is 8.95. The number of aryl methyl sites for hydroxylation is 8. The van der Waals surface area contributed by atoms with Gasteiger partial charge in [0, 0.05) is 0 Å². The molecule has 4 nitrogen and oxygen atoms in total.